The minimum atomic E-state index is 0.481. The second kappa shape index (κ2) is 8.81. The van der Waals surface area contributed by atoms with E-state index in [1.165, 1.54) is 61.8 Å². The van der Waals surface area contributed by atoms with Gasteiger partial charge in [-0.15, -0.1) is 0 Å². The lowest BCUT2D eigenvalue weighted by molar-refractivity contribution is 0.217. The van der Waals surface area contributed by atoms with Crippen molar-refractivity contribution in [1.29, 1.82) is 0 Å². The average molecular weight is 339 g/mol. The summed E-state index contributed by atoms with van der Waals surface area (Å²) in [5, 5.41) is 3.71. The molecule has 0 aromatic heterocycles. The van der Waals surface area contributed by atoms with Crippen LogP contribution in [0.2, 0.25) is 0 Å². The summed E-state index contributed by atoms with van der Waals surface area (Å²) in [6, 6.07) is 9.22. The van der Waals surface area contributed by atoms with Gasteiger partial charge in [0.2, 0.25) is 0 Å². The Bertz CT molecular complexity index is 388. The van der Waals surface area contributed by atoms with Crippen molar-refractivity contribution in [2.24, 2.45) is 0 Å². The molecule has 1 heterocycles. The fourth-order valence-corrected chi connectivity index (χ4v) is 3.34. The summed E-state index contributed by atoms with van der Waals surface area (Å²) in [6.45, 7) is 7.12. The van der Waals surface area contributed by atoms with Gasteiger partial charge in [-0.25, -0.2) is 0 Å². The van der Waals surface area contributed by atoms with Gasteiger partial charge in [0, 0.05) is 10.5 Å². The lowest BCUT2D eigenvalue weighted by atomic mass is 10.0. The molecule has 2 nitrogen and oxygen atoms in total. The first-order valence-corrected chi connectivity index (χ1v) is 8.80. The molecule has 1 unspecified atom stereocenters. The zero-order valence-corrected chi connectivity index (χ0v) is 14.2. The van der Waals surface area contributed by atoms with Crippen LogP contribution in [0.25, 0.3) is 0 Å². The topological polar surface area (TPSA) is 15.3 Å². The summed E-state index contributed by atoms with van der Waals surface area (Å²) in [5.41, 5.74) is 1.41. The molecule has 1 aromatic rings. The maximum absolute atomic E-state index is 3.71. The molecular weight excluding hydrogens is 312 g/mol. The molecule has 3 heteroatoms. The smallest absolute Gasteiger partial charge is 0.0332 e. The summed E-state index contributed by atoms with van der Waals surface area (Å²) in [6.07, 6.45) is 6.57. The third-order valence-electron chi connectivity index (χ3n) is 4.07. The molecule has 0 spiro atoms. The molecule has 1 aliphatic heterocycles. The van der Waals surface area contributed by atoms with Crippen molar-refractivity contribution in [3.05, 3.63) is 34.3 Å². The molecule has 2 rings (SSSR count). The van der Waals surface area contributed by atoms with Gasteiger partial charge in [0.1, 0.15) is 0 Å². The molecule has 112 valence electrons. The Kier molecular flexibility index (Phi) is 7.05. The molecule has 1 N–H and O–H groups in total. The lowest BCUT2D eigenvalue weighted by Crippen LogP contribution is -2.33. The average Bonchev–Trinajstić information content (AvgIpc) is 2.48. The molecule has 1 fully saturated rings. The summed E-state index contributed by atoms with van der Waals surface area (Å²) < 4.78 is 1.18. The van der Waals surface area contributed by atoms with Crippen molar-refractivity contribution in [3.8, 4) is 0 Å². The first-order chi connectivity index (χ1) is 9.79. The van der Waals surface area contributed by atoms with E-state index in [4.69, 9.17) is 0 Å². The third-order valence-corrected chi connectivity index (χ3v) is 4.57. The normalized spacial score (nSPS) is 18.1. The maximum Gasteiger partial charge on any atom is 0.0332 e. The summed E-state index contributed by atoms with van der Waals surface area (Å²) in [4.78, 5) is 2.63. The Morgan fingerprint density at radius 1 is 1.25 bits per heavy atom. The Labute approximate surface area is 132 Å². The molecule has 0 bridgehead atoms. The van der Waals surface area contributed by atoms with Gasteiger partial charge in [-0.05, 0) is 69.6 Å². The number of halogens is 1. The fourth-order valence-electron chi connectivity index (χ4n) is 2.92. The van der Waals surface area contributed by atoms with Crippen LogP contribution < -0.4 is 5.32 Å². The minimum Gasteiger partial charge on any atom is -0.310 e. The van der Waals surface area contributed by atoms with Crippen LogP contribution in [-0.4, -0.2) is 31.1 Å². The highest BCUT2D eigenvalue weighted by Crippen LogP contribution is 2.22. The third kappa shape index (κ3) is 5.19. The van der Waals surface area contributed by atoms with Gasteiger partial charge >= 0.3 is 0 Å². The van der Waals surface area contributed by atoms with E-state index in [1.807, 2.05) is 0 Å². The zero-order valence-electron chi connectivity index (χ0n) is 12.6. The molecule has 1 saturated heterocycles. The second-order valence-electron chi connectivity index (χ2n) is 5.75. The van der Waals surface area contributed by atoms with E-state index >= 15 is 0 Å². The van der Waals surface area contributed by atoms with Crippen LogP contribution in [0, 0.1) is 0 Å². The number of rotatable bonds is 7. The molecule has 1 aliphatic rings. The zero-order chi connectivity index (χ0) is 14.2. The molecule has 1 atom stereocenters. The molecule has 0 amide bonds. The quantitative estimate of drug-likeness (QED) is 0.794. The van der Waals surface area contributed by atoms with Gasteiger partial charge in [0.25, 0.3) is 0 Å². The second-order valence-corrected chi connectivity index (χ2v) is 6.67. The van der Waals surface area contributed by atoms with Crippen molar-refractivity contribution in [2.45, 2.75) is 45.1 Å². The van der Waals surface area contributed by atoms with Gasteiger partial charge in [-0.1, -0.05) is 41.4 Å². The highest BCUT2D eigenvalue weighted by molar-refractivity contribution is 9.10. The van der Waals surface area contributed by atoms with E-state index in [2.05, 4.69) is 57.3 Å². The first kappa shape index (κ1) is 16.0. The number of hydrogen-bond acceptors (Lipinski definition) is 2. The number of piperidine rings is 1. The largest absolute Gasteiger partial charge is 0.310 e. The van der Waals surface area contributed by atoms with Gasteiger partial charge in [-0.3, -0.25) is 0 Å². The lowest BCUT2D eigenvalue weighted by Gasteiger charge is -2.29. The summed E-state index contributed by atoms with van der Waals surface area (Å²) in [7, 11) is 0. The highest BCUT2D eigenvalue weighted by Gasteiger charge is 2.15. The number of likely N-dealkylation sites (tertiary alicyclic amines) is 1. The van der Waals surface area contributed by atoms with Gasteiger partial charge < -0.3 is 10.2 Å². The van der Waals surface area contributed by atoms with Crippen molar-refractivity contribution < 1.29 is 0 Å². The van der Waals surface area contributed by atoms with Crippen molar-refractivity contribution in [1.82, 2.24) is 10.2 Å². The minimum absolute atomic E-state index is 0.481. The van der Waals surface area contributed by atoms with Crippen LogP contribution in [0.3, 0.4) is 0 Å². The van der Waals surface area contributed by atoms with Crippen LogP contribution in [0.15, 0.2) is 28.7 Å². The van der Waals surface area contributed by atoms with E-state index in [9.17, 15) is 0 Å². The number of nitrogens with zero attached hydrogens (tertiary/aromatic N) is 1. The van der Waals surface area contributed by atoms with Crippen LogP contribution in [-0.2, 0) is 0 Å². The predicted molar refractivity (Wildman–Crippen MR) is 90.1 cm³/mol. The van der Waals surface area contributed by atoms with Gasteiger partial charge in [0.05, 0.1) is 0 Å². The Morgan fingerprint density at radius 2 is 2.05 bits per heavy atom. The highest BCUT2D eigenvalue weighted by atomic mass is 79.9. The Morgan fingerprint density at radius 3 is 2.75 bits per heavy atom. The maximum atomic E-state index is 3.71. The monoisotopic (exact) mass is 338 g/mol. The molecule has 0 aliphatic carbocycles. The Balaban J connectivity index is 1.92. The summed E-state index contributed by atoms with van der Waals surface area (Å²) in [5.74, 6) is 0. The van der Waals surface area contributed by atoms with E-state index in [0.29, 0.717) is 6.04 Å². The molecule has 20 heavy (non-hydrogen) atoms. The molecule has 0 radical (unpaired) electrons. The first-order valence-electron chi connectivity index (χ1n) is 8.01. The molecule has 1 aromatic carbocycles. The SMILES string of the molecule is CCCNC(CCN1CCCCC1)c1cccc(Br)c1. The van der Waals surface area contributed by atoms with E-state index < -0.39 is 0 Å². The van der Waals surface area contributed by atoms with E-state index in [1.54, 1.807) is 0 Å². The molecule has 0 saturated carbocycles. The van der Waals surface area contributed by atoms with Gasteiger partial charge in [0.15, 0.2) is 0 Å². The van der Waals surface area contributed by atoms with Crippen LogP contribution in [0.1, 0.15) is 50.6 Å². The number of benzene rings is 1. The standard InChI is InChI=1S/C17H27BrN2/c1-2-10-19-17(15-7-6-8-16(18)14-15)9-13-20-11-4-3-5-12-20/h6-8,14,17,19H,2-5,9-13H2,1H3. The van der Waals surface area contributed by atoms with Crippen LogP contribution in [0.4, 0.5) is 0 Å². The van der Waals surface area contributed by atoms with Crippen LogP contribution >= 0.6 is 15.9 Å². The number of nitrogens with one attached hydrogen (secondary N) is 1. The fraction of sp³-hybridized carbons (Fsp3) is 0.647. The van der Waals surface area contributed by atoms with Crippen molar-refractivity contribution in [3.63, 3.8) is 0 Å². The van der Waals surface area contributed by atoms with Gasteiger partial charge in [-0.2, -0.15) is 0 Å². The predicted octanol–water partition coefficient (Wildman–Crippen LogP) is 4.37. The van der Waals surface area contributed by atoms with E-state index in [0.717, 1.165) is 6.54 Å². The van der Waals surface area contributed by atoms with Crippen LogP contribution in [0.5, 0.6) is 0 Å². The summed E-state index contributed by atoms with van der Waals surface area (Å²) >= 11 is 3.59. The van der Waals surface area contributed by atoms with Crippen molar-refractivity contribution in [2.75, 3.05) is 26.2 Å². The van der Waals surface area contributed by atoms with E-state index in [-0.39, 0.29) is 0 Å². The number of hydrogen-bond donors (Lipinski definition) is 1. The Hall–Kier alpha value is -0.380. The molecular formula is C17H27BrN2. The van der Waals surface area contributed by atoms with Crippen molar-refractivity contribution >= 4 is 15.9 Å².